The van der Waals surface area contributed by atoms with Gasteiger partial charge in [0.05, 0.1) is 12.2 Å². The molecule has 2 heterocycles. The molecule has 0 spiro atoms. The molecule has 0 radical (unpaired) electrons. The molecule has 2 N–H and O–H groups in total. The Kier molecular flexibility index (Phi) is 5.19. The zero-order valence-electron chi connectivity index (χ0n) is 12.5. The predicted molar refractivity (Wildman–Crippen MR) is 82.2 cm³/mol. The fraction of sp³-hybridized carbons (Fsp3) is 0.250. The first kappa shape index (κ1) is 15.6. The number of amides is 2. The van der Waals surface area contributed by atoms with Gasteiger partial charge in [-0.1, -0.05) is 6.07 Å². The number of aromatic nitrogens is 2. The van der Waals surface area contributed by atoms with E-state index >= 15 is 0 Å². The van der Waals surface area contributed by atoms with E-state index in [9.17, 15) is 9.59 Å². The lowest BCUT2D eigenvalue weighted by atomic mass is 10.2. The van der Waals surface area contributed by atoms with Crippen molar-refractivity contribution in [2.45, 2.75) is 26.4 Å². The molecule has 0 aliphatic rings. The number of hydrogen-bond donors (Lipinski definition) is 2. The second kappa shape index (κ2) is 7.31. The molecule has 2 rings (SSSR count). The van der Waals surface area contributed by atoms with Crippen LogP contribution in [0.3, 0.4) is 0 Å². The first-order chi connectivity index (χ1) is 10.6. The summed E-state index contributed by atoms with van der Waals surface area (Å²) in [5, 5.41) is 5.50. The van der Waals surface area contributed by atoms with Crippen molar-refractivity contribution in [3.63, 3.8) is 0 Å². The van der Waals surface area contributed by atoms with Crippen LogP contribution in [-0.2, 0) is 6.54 Å². The fourth-order valence-electron chi connectivity index (χ4n) is 1.81. The van der Waals surface area contributed by atoms with Gasteiger partial charge in [-0.2, -0.15) is 0 Å². The molecule has 6 nitrogen and oxygen atoms in total. The second-order valence-electron chi connectivity index (χ2n) is 5.06. The smallest absolute Gasteiger partial charge is 0.270 e. The highest BCUT2D eigenvalue weighted by Crippen LogP contribution is 2.03. The van der Waals surface area contributed by atoms with Crippen LogP contribution in [0, 0.1) is 0 Å². The fourth-order valence-corrected chi connectivity index (χ4v) is 1.81. The highest BCUT2D eigenvalue weighted by molar-refractivity contribution is 5.98. The van der Waals surface area contributed by atoms with Crippen molar-refractivity contribution in [1.29, 1.82) is 0 Å². The Morgan fingerprint density at radius 1 is 1.09 bits per heavy atom. The summed E-state index contributed by atoms with van der Waals surface area (Å²) in [6, 6.07) is 8.56. The van der Waals surface area contributed by atoms with E-state index in [1.807, 2.05) is 32.0 Å². The molecule has 114 valence electrons. The van der Waals surface area contributed by atoms with Crippen LogP contribution < -0.4 is 10.6 Å². The van der Waals surface area contributed by atoms with Gasteiger partial charge in [0.1, 0.15) is 5.69 Å². The number of hydrogen-bond acceptors (Lipinski definition) is 4. The van der Waals surface area contributed by atoms with Crippen LogP contribution in [0.1, 0.15) is 40.4 Å². The summed E-state index contributed by atoms with van der Waals surface area (Å²) >= 11 is 0. The van der Waals surface area contributed by atoms with Gasteiger partial charge < -0.3 is 10.6 Å². The van der Waals surface area contributed by atoms with E-state index in [1.165, 1.54) is 12.3 Å². The molecule has 0 fully saturated rings. The molecule has 0 aromatic carbocycles. The first-order valence-electron chi connectivity index (χ1n) is 7.01. The highest BCUT2D eigenvalue weighted by atomic mass is 16.2. The topological polar surface area (TPSA) is 84.0 Å². The maximum Gasteiger partial charge on any atom is 0.270 e. The van der Waals surface area contributed by atoms with E-state index < -0.39 is 0 Å². The molecule has 0 unspecified atom stereocenters. The Balaban J connectivity index is 2.02. The van der Waals surface area contributed by atoms with Gasteiger partial charge >= 0.3 is 0 Å². The molecule has 2 amide bonds. The van der Waals surface area contributed by atoms with Crippen LogP contribution in [0.15, 0.2) is 42.7 Å². The molecule has 0 saturated carbocycles. The Morgan fingerprint density at radius 2 is 1.91 bits per heavy atom. The van der Waals surface area contributed by atoms with Gasteiger partial charge in [0.2, 0.25) is 0 Å². The van der Waals surface area contributed by atoms with Gasteiger partial charge in [0, 0.05) is 24.0 Å². The average Bonchev–Trinajstić information content (AvgIpc) is 2.53. The minimum atomic E-state index is -0.343. The Labute approximate surface area is 129 Å². The Morgan fingerprint density at radius 3 is 2.59 bits per heavy atom. The highest BCUT2D eigenvalue weighted by Gasteiger charge is 2.12. The molecule has 2 aromatic heterocycles. The molecule has 2 aromatic rings. The number of rotatable bonds is 5. The average molecular weight is 298 g/mol. The number of pyridine rings is 2. The zero-order valence-corrected chi connectivity index (χ0v) is 12.5. The van der Waals surface area contributed by atoms with Gasteiger partial charge in [-0.25, -0.2) is 0 Å². The summed E-state index contributed by atoms with van der Waals surface area (Å²) < 4.78 is 0. The third kappa shape index (κ3) is 4.37. The first-order valence-corrected chi connectivity index (χ1v) is 7.01. The van der Waals surface area contributed by atoms with Crippen LogP contribution in [0.5, 0.6) is 0 Å². The Hall–Kier alpha value is -2.76. The number of nitrogens with one attached hydrogen (secondary N) is 2. The lowest BCUT2D eigenvalue weighted by Gasteiger charge is -2.09. The normalized spacial score (nSPS) is 10.3. The van der Waals surface area contributed by atoms with E-state index in [0.29, 0.717) is 12.1 Å². The summed E-state index contributed by atoms with van der Waals surface area (Å²) in [5.41, 5.74) is 1.36. The standard InChI is InChI=1S/C16H18N4O2/c1-11(2)20-15(21)12-6-8-18-14(9-12)16(22)19-10-13-5-3-4-7-17-13/h3-9,11H,10H2,1-2H3,(H,19,22)(H,20,21). The van der Waals surface area contributed by atoms with Crippen molar-refractivity contribution in [2.24, 2.45) is 0 Å². The second-order valence-corrected chi connectivity index (χ2v) is 5.06. The maximum absolute atomic E-state index is 12.1. The van der Waals surface area contributed by atoms with Crippen LogP contribution >= 0.6 is 0 Å². The lowest BCUT2D eigenvalue weighted by Crippen LogP contribution is -2.30. The molecule has 0 bridgehead atoms. The molecule has 0 aliphatic carbocycles. The van der Waals surface area contributed by atoms with Gasteiger partial charge in [0.15, 0.2) is 0 Å². The third-order valence-corrected chi connectivity index (χ3v) is 2.83. The largest absolute Gasteiger partial charge is 0.350 e. The molecule has 22 heavy (non-hydrogen) atoms. The number of carbonyl (C=O) groups excluding carboxylic acids is 2. The van der Waals surface area contributed by atoms with Crippen molar-refractivity contribution in [1.82, 2.24) is 20.6 Å². The third-order valence-electron chi connectivity index (χ3n) is 2.83. The van der Waals surface area contributed by atoms with E-state index in [4.69, 9.17) is 0 Å². The van der Waals surface area contributed by atoms with Crippen LogP contribution in [0.4, 0.5) is 0 Å². The predicted octanol–water partition coefficient (Wildman–Crippen LogP) is 1.54. The molecular weight excluding hydrogens is 280 g/mol. The van der Waals surface area contributed by atoms with Gasteiger partial charge in [-0.05, 0) is 38.1 Å². The SMILES string of the molecule is CC(C)NC(=O)c1ccnc(C(=O)NCc2ccccn2)c1. The van der Waals surface area contributed by atoms with Crippen LogP contribution in [-0.4, -0.2) is 27.8 Å². The van der Waals surface area contributed by atoms with Gasteiger partial charge in [0.25, 0.3) is 11.8 Å². The Bertz CT molecular complexity index is 656. The van der Waals surface area contributed by atoms with Gasteiger partial charge in [-0.15, -0.1) is 0 Å². The zero-order chi connectivity index (χ0) is 15.9. The summed E-state index contributed by atoms with van der Waals surface area (Å²) in [5.74, 6) is -0.568. The van der Waals surface area contributed by atoms with Gasteiger partial charge in [-0.3, -0.25) is 19.6 Å². The molecule has 0 aliphatic heterocycles. The summed E-state index contributed by atoms with van der Waals surface area (Å²) in [4.78, 5) is 32.1. The van der Waals surface area contributed by atoms with E-state index in [0.717, 1.165) is 5.69 Å². The van der Waals surface area contributed by atoms with Crippen molar-refractivity contribution >= 4 is 11.8 Å². The van der Waals surface area contributed by atoms with Crippen molar-refractivity contribution in [3.8, 4) is 0 Å². The van der Waals surface area contributed by atoms with Crippen molar-refractivity contribution in [2.75, 3.05) is 0 Å². The summed E-state index contributed by atoms with van der Waals surface area (Å²) in [6.07, 6.45) is 3.11. The molecular formula is C16H18N4O2. The number of nitrogens with zero attached hydrogens (tertiary/aromatic N) is 2. The molecule has 0 atom stereocenters. The minimum absolute atomic E-state index is 0.0297. The summed E-state index contributed by atoms with van der Waals surface area (Å²) in [6.45, 7) is 4.06. The maximum atomic E-state index is 12.1. The van der Waals surface area contributed by atoms with Crippen LogP contribution in [0.25, 0.3) is 0 Å². The lowest BCUT2D eigenvalue weighted by molar-refractivity contribution is 0.0943. The summed E-state index contributed by atoms with van der Waals surface area (Å²) in [7, 11) is 0. The number of carbonyl (C=O) groups is 2. The molecule has 6 heteroatoms. The molecule has 0 saturated heterocycles. The monoisotopic (exact) mass is 298 g/mol. The van der Waals surface area contributed by atoms with Crippen molar-refractivity contribution in [3.05, 3.63) is 59.7 Å². The van der Waals surface area contributed by atoms with E-state index in [2.05, 4.69) is 20.6 Å². The van der Waals surface area contributed by atoms with Crippen LogP contribution in [0.2, 0.25) is 0 Å². The minimum Gasteiger partial charge on any atom is -0.350 e. The van der Waals surface area contributed by atoms with E-state index in [-0.39, 0.29) is 23.6 Å². The van der Waals surface area contributed by atoms with Crippen molar-refractivity contribution < 1.29 is 9.59 Å². The quantitative estimate of drug-likeness (QED) is 0.877. The van der Waals surface area contributed by atoms with E-state index in [1.54, 1.807) is 12.3 Å².